The molecule has 0 bridgehead atoms. The summed E-state index contributed by atoms with van der Waals surface area (Å²) in [5.41, 5.74) is 8.99. The Hall–Kier alpha value is -8.90. The molecule has 1 saturated heterocycles. The molecule has 9 nitrogen and oxygen atoms in total. The molecule has 0 saturated carbocycles. The van der Waals surface area contributed by atoms with Crippen LogP contribution in [0.25, 0.3) is 98.0 Å². The van der Waals surface area contributed by atoms with Crippen LogP contribution in [0.1, 0.15) is 43.7 Å². The van der Waals surface area contributed by atoms with Crippen molar-refractivity contribution in [2.45, 2.75) is 46.5 Å². The van der Waals surface area contributed by atoms with Gasteiger partial charge in [-0.3, -0.25) is 0 Å². The van der Waals surface area contributed by atoms with E-state index in [-0.39, 0.29) is 58.1 Å². The second-order valence-electron chi connectivity index (χ2n) is 24.1. The Labute approximate surface area is 627 Å². The average molecular weight is 1360 g/mol. The van der Waals surface area contributed by atoms with Crippen LogP contribution in [0.3, 0.4) is 0 Å². The molecule has 0 aliphatic carbocycles. The topological polar surface area (TPSA) is 83.1 Å². The van der Waals surface area contributed by atoms with Crippen LogP contribution in [-0.4, -0.2) is 69.1 Å². The summed E-state index contributed by atoms with van der Waals surface area (Å²) in [7, 11) is 7.24. The standard InChI is InChI=1S/C38H35O4P.C22H18O2.C22H17O2.C4H8O.C4H9.2Li/c1-25-12-10-18-33(41-5)38(25)43(34-21-20-29(40-4)22-26(34)2)35-19-11-17-32(37(35)42-24-39-3)36-30-15-8-6-13-27(30)23-28-14-7-9-16-31(28)36;2*1-23-15-24-21-13-7-6-12-20(21)22-18-10-4-2-8-16(18)14-17-9-3-5-11-19(17)22;1-2-4-5-3-1;1-3-4-2;;/h6-23H,24H2,1-5H3;2-14H,15H2,1H3;2-12,14H,15H2,1H3;1-4H2;1,3-4H2,2H3;;/q;;-1;;-1;2*+1. The maximum absolute atomic E-state index is 6.62. The van der Waals surface area contributed by atoms with Crippen molar-refractivity contribution in [3.05, 3.63) is 285 Å². The van der Waals surface area contributed by atoms with Gasteiger partial charge in [0, 0.05) is 73.2 Å². The van der Waals surface area contributed by atoms with Crippen LogP contribution >= 0.6 is 7.92 Å². The van der Waals surface area contributed by atoms with E-state index in [1.807, 2.05) is 48.5 Å². The van der Waals surface area contributed by atoms with Crippen LogP contribution in [0.2, 0.25) is 0 Å². The first-order valence-corrected chi connectivity index (χ1v) is 35.3. The van der Waals surface area contributed by atoms with E-state index in [2.05, 4.69) is 246 Å². The SMILES string of the molecule is C1CCOC1.COCOc1[c-]cccc1-c1c2ccccc2cc2ccccc12.COCOc1c(-c2c3ccccc3cc3ccccc23)cccc1P(c1ccc(OC)cc1C)c1c(C)cccc1OC.COCOc1ccccc1-c1c2ccccc2cc2ccccc12.[CH2-]CCC.[Li+].[Li+]. The summed E-state index contributed by atoms with van der Waals surface area (Å²) < 4.78 is 50.4. The van der Waals surface area contributed by atoms with Gasteiger partial charge in [-0.15, -0.1) is 6.07 Å². The number of ether oxygens (including phenoxy) is 9. The Kier molecular flexibility index (Phi) is 29.5. The van der Waals surface area contributed by atoms with Gasteiger partial charge in [-0.05, 0) is 164 Å². The molecule has 0 aromatic heterocycles. The average Bonchev–Trinajstić information content (AvgIpc) is 0.790. The van der Waals surface area contributed by atoms with Gasteiger partial charge in [0.15, 0.2) is 20.4 Å². The summed E-state index contributed by atoms with van der Waals surface area (Å²) in [6, 6.07) is 94.1. The minimum atomic E-state index is -1.12. The maximum Gasteiger partial charge on any atom is 1.00 e. The van der Waals surface area contributed by atoms with Gasteiger partial charge in [-0.1, -0.05) is 219 Å². The first kappa shape index (κ1) is 77.3. The van der Waals surface area contributed by atoms with E-state index in [1.54, 1.807) is 35.5 Å². The first-order valence-electron chi connectivity index (χ1n) is 34.0. The fourth-order valence-corrected chi connectivity index (χ4v) is 15.6. The van der Waals surface area contributed by atoms with Crippen LogP contribution in [0.5, 0.6) is 28.7 Å². The van der Waals surface area contributed by atoms with E-state index in [4.69, 9.17) is 42.6 Å². The fourth-order valence-electron chi connectivity index (χ4n) is 12.8. The number of methoxy groups -OCH3 is 5. The predicted octanol–water partition coefficient (Wildman–Crippen LogP) is 15.5. The second-order valence-corrected chi connectivity index (χ2v) is 26.2. The van der Waals surface area contributed by atoms with E-state index in [9.17, 15) is 0 Å². The second kappa shape index (κ2) is 38.9. The molecule has 0 amide bonds. The molecule has 1 aliphatic heterocycles. The third kappa shape index (κ3) is 18.1. The summed E-state index contributed by atoms with van der Waals surface area (Å²) in [6.45, 7) is 12.6. The van der Waals surface area contributed by atoms with Gasteiger partial charge in [0.05, 0.1) is 14.2 Å². The molecule has 508 valence electrons. The van der Waals surface area contributed by atoms with Crippen molar-refractivity contribution in [1.82, 2.24) is 0 Å². The minimum absolute atomic E-state index is 0. The van der Waals surface area contributed by atoms with Crippen molar-refractivity contribution in [2.24, 2.45) is 0 Å². The predicted molar refractivity (Wildman–Crippen MR) is 419 cm³/mol. The molecular formula is C90H87Li2O9P. The Morgan fingerprint density at radius 1 is 0.402 bits per heavy atom. The molecule has 0 radical (unpaired) electrons. The molecule has 15 rings (SSSR count). The Balaban J connectivity index is 0.000000175. The number of fused-ring (bicyclic) bond motifs is 6. The third-order valence-electron chi connectivity index (χ3n) is 17.5. The fraction of sp³-hybridized carbons (Fsp3) is 0.189. The molecule has 14 aromatic carbocycles. The number of aryl methyl sites for hydroxylation is 2. The third-order valence-corrected chi connectivity index (χ3v) is 20.3. The van der Waals surface area contributed by atoms with Gasteiger partial charge < -0.3 is 49.6 Å². The Morgan fingerprint density at radius 3 is 1.28 bits per heavy atom. The van der Waals surface area contributed by atoms with E-state index >= 15 is 0 Å². The summed E-state index contributed by atoms with van der Waals surface area (Å²) in [6.07, 6.45) is 4.83. The monoisotopic (exact) mass is 1360 g/mol. The molecule has 1 unspecified atom stereocenters. The molecule has 1 atom stereocenters. The van der Waals surface area contributed by atoms with Gasteiger partial charge in [-0.2, -0.15) is 24.6 Å². The summed E-state index contributed by atoms with van der Waals surface area (Å²) in [5.74, 6) is 4.05. The normalized spacial score (nSPS) is 11.7. The van der Waals surface area contributed by atoms with Crippen molar-refractivity contribution in [3.8, 4) is 62.1 Å². The minimum Gasteiger partial charge on any atom is -0.497 e. The van der Waals surface area contributed by atoms with Gasteiger partial charge in [0.1, 0.15) is 23.0 Å². The van der Waals surface area contributed by atoms with Crippen LogP contribution in [0.4, 0.5) is 0 Å². The first-order chi connectivity index (χ1) is 49.2. The number of hydrogen-bond acceptors (Lipinski definition) is 9. The number of benzene rings is 14. The maximum atomic E-state index is 6.62. The Bertz CT molecular complexity index is 4700. The van der Waals surface area contributed by atoms with Crippen LogP contribution < -0.4 is 77.3 Å². The molecule has 1 fully saturated rings. The molecule has 14 aromatic rings. The Morgan fingerprint density at radius 2 is 0.824 bits per heavy atom. The van der Waals surface area contributed by atoms with E-state index < -0.39 is 7.92 Å². The van der Waals surface area contributed by atoms with Gasteiger partial charge in [-0.25, -0.2) is 0 Å². The molecule has 1 aliphatic rings. The summed E-state index contributed by atoms with van der Waals surface area (Å²) in [5, 5.41) is 18.0. The molecule has 1 heterocycles. The number of unbranched alkanes of at least 4 members (excludes halogenated alkanes) is 1. The molecule has 0 spiro atoms. The van der Waals surface area contributed by atoms with E-state index in [0.717, 1.165) is 81.1 Å². The summed E-state index contributed by atoms with van der Waals surface area (Å²) >= 11 is 0. The molecule has 0 N–H and O–H groups in total. The largest absolute Gasteiger partial charge is 1.00 e. The summed E-state index contributed by atoms with van der Waals surface area (Å²) in [4.78, 5) is 0. The number of rotatable bonds is 18. The van der Waals surface area contributed by atoms with Crippen molar-refractivity contribution >= 4 is 88.5 Å². The van der Waals surface area contributed by atoms with Crippen LogP contribution in [-0.2, 0) is 18.9 Å². The van der Waals surface area contributed by atoms with Crippen molar-refractivity contribution in [3.63, 3.8) is 0 Å². The van der Waals surface area contributed by atoms with Gasteiger partial charge in [0.25, 0.3) is 0 Å². The molecular weight excluding hydrogens is 1270 g/mol. The van der Waals surface area contributed by atoms with E-state index in [1.165, 1.54) is 106 Å². The van der Waals surface area contributed by atoms with Gasteiger partial charge in [0.2, 0.25) is 0 Å². The molecule has 12 heteroatoms. The quantitative estimate of drug-likeness (QED) is 0.0274. The van der Waals surface area contributed by atoms with E-state index in [0.29, 0.717) is 5.75 Å². The smallest absolute Gasteiger partial charge is 0.497 e. The van der Waals surface area contributed by atoms with Crippen molar-refractivity contribution in [1.29, 1.82) is 0 Å². The van der Waals surface area contributed by atoms with Crippen molar-refractivity contribution < 1.29 is 80.4 Å². The number of hydrogen-bond donors (Lipinski definition) is 0. The van der Waals surface area contributed by atoms with Crippen molar-refractivity contribution in [2.75, 3.05) is 69.1 Å². The number of para-hydroxylation sites is 3. The van der Waals surface area contributed by atoms with Gasteiger partial charge >= 0.3 is 37.7 Å². The zero-order valence-electron chi connectivity index (χ0n) is 60.5. The zero-order chi connectivity index (χ0) is 69.6. The van der Waals surface area contributed by atoms with Crippen LogP contribution in [0, 0.1) is 26.8 Å². The zero-order valence-corrected chi connectivity index (χ0v) is 61.4. The molecule has 102 heavy (non-hydrogen) atoms. The van der Waals surface area contributed by atoms with Crippen LogP contribution in [0.15, 0.2) is 261 Å².